The van der Waals surface area contributed by atoms with Crippen LogP contribution in [0.2, 0.25) is 0 Å². The average molecular weight is 928 g/mol. The molecule has 2 heteroatoms. The SMILES string of the molecule is CCc1[cH-]c2cc(C(C)C)cc(C(C)C)c2c1[Si](c1ccccc1)(c1ccccc1)c1c(CC)[cH-]c2cc(C(C)C)cc(C(C)C)c12.[CH2-]CCC.[CH2-]CCC.[Hf+4]. The molecule has 6 aromatic rings. The number of hydrogen-bond acceptors (Lipinski definition) is 0. The maximum atomic E-state index is 3.60. The van der Waals surface area contributed by atoms with Gasteiger partial charge in [-0.3, -0.25) is 0 Å². The van der Waals surface area contributed by atoms with Gasteiger partial charge < -0.3 is 13.8 Å². The third kappa shape index (κ3) is 9.72. The molecule has 56 heavy (non-hydrogen) atoms. The van der Waals surface area contributed by atoms with Crippen molar-refractivity contribution in [1.29, 1.82) is 0 Å². The third-order valence-electron chi connectivity index (χ3n) is 11.5. The Morgan fingerprint density at radius 1 is 0.500 bits per heavy atom. The van der Waals surface area contributed by atoms with Crippen LogP contribution in [0, 0.1) is 13.8 Å². The predicted octanol–water partition coefficient (Wildman–Crippen LogP) is 13.7. The van der Waals surface area contributed by atoms with Crippen molar-refractivity contribution in [3.8, 4) is 0 Å². The van der Waals surface area contributed by atoms with Gasteiger partial charge in [-0.25, -0.2) is 0 Å². The Hall–Kier alpha value is -2.81. The van der Waals surface area contributed by atoms with E-state index in [2.05, 4.69) is 194 Å². The standard InChI is InChI=1S/C46H54Si.2C4H9.Hf/c1-11-33-23-37-25-35(29(3)4)27-41(31(7)8)43(37)45(33)47(39-19-15-13-16-20-39,40-21-17-14-18-22-40)46-34(12-2)24-38-26-36(30(5)6)28-42(32(9)10)44(38)46;2*1-3-4-2;/h13-32H,11-12H2,1-10H3;2*1,3-4H2,2H3;/q-2;2*-1;+4. The predicted molar refractivity (Wildman–Crippen MR) is 252 cm³/mol. The first-order chi connectivity index (χ1) is 26.4. The number of hydrogen-bond donors (Lipinski definition) is 0. The van der Waals surface area contributed by atoms with Gasteiger partial charge in [-0.05, 0) is 36.5 Å². The second-order valence-corrected chi connectivity index (χ2v) is 20.4. The number of unbranched alkanes of at least 4 members (excludes halogenated alkanes) is 2. The number of rotatable bonds is 12. The van der Waals surface area contributed by atoms with Crippen molar-refractivity contribution >= 4 is 50.4 Å². The molecule has 0 heterocycles. The van der Waals surface area contributed by atoms with Gasteiger partial charge in [-0.2, -0.15) is 12.8 Å². The van der Waals surface area contributed by atoms with Crippen molar-refractivity contribution in [2.45, 2.75) is 145 Å². The Bertz CT molecular complexity index is 1910. The van der Waals surface area contributed by atoms with Gasteiger partial charge in [0.05, 0.1) is 8.07 Å². The Balaban J connectivity index is 0.000000855. The molecule has 0 aliphatic carbocycles. The van der Waals surface area contributed by atoms with Crippen LogP contribution in [0.5, 0.6) is 0 Å². The fraction of sp³-hybridized carbons (Fsp3) is 0.407. The van der Waals surface area contributed by atoms with Crippen molar-refractivity contribution < 1.29 is 25.8 Å². The van der Waals surface area contributed by atoms with Crippen LogP contribution in [0.25, 0.3) is 21.5 Å². The molecule has 0 spiro atoms. The van der Waals surface area contributed by atoms with E-state index in [-0.39, 0.29) is 25.8 Å². The summed E-state index contributed by atoms with van der Waals surface area (Å²) in [6.07, 6.45) is 6.59. The van der Waals surface area contributed by atoms with E-state index in [1.807, 2.05) is 0 Å². The minimum Gasteiger partial charge on any atom is -0.343 e. The van der Waals surface area contributed by atoms with E-state index < -0.39 is 8.07 Å². The fourth-order valence-corrected chi connectivity index (χ4v) is 14.2. The molecule has 0 N–H and O–H groups in total. The van der Waals surface area contributed by atoms with Crippen molar-refractivity contribution in [2.24, 2.45) is 0 Å². The zero-order valence-electron chi connectivity index (χ0n) is 37.2. The largest absolute Gasteiger partial charge is 4.00 e. The Morgan fingerprint density at radius 2 is 0.821 bits per heavy atom. The number of fused-ring (bicyclic) bond motifs is 2. The van der Waals surface area contributed by atoms with Crippen LogP contribution in [0.15, 0.2) is 97.1 Å². The molecule has 0 fully saturated rings. The van der Waals surface area contributed by atoms with Gasteiger partial charge >= 0.3 is 25.8 Å². The van der Waals surface area contributed by atoms with Crippen molar-refractivity contribution in [1.82, 2.24) is 0 Å². The van der Waals surface area contributed by atoms with Crippen molar-refractivity contribution in [2.75, 3.05) is 0 Å². The van der Waals surface area contributed by atoms with Crippen LogP contribution >= 0.6 is 0 Å². The third-order valence-corrected chi connectivity index (χ3v) is 16.5. The monoisotopic (exact) mass is 928 g/mol. The summed E-state index contributed by atoms with van der Waals surface area (Å²) >= 11 is 0. The smallest absolute Gasteiger partial charge is 0.343 e. The first-order valence-corrected chi connectivity index (χ1v) is 23.6. The van der Waals surface area contributed by atoms with Gasteiger partial charge in [-0.1, -0.05) is 201 Å². The van der Waals surface area contributed by atoms with E-state index >= 15 is 0 Å². The van der Waals surface area contributed by atoms with Gasteiger partial charge in [0.25, 0.3) is 0 Å². The van der Waals surface area contributed by atoms with E-state index in [1.165, 1.54) is 78.1 Å². The van der Waals surface area contributed by atoms with E-state index in [0.29, 0.717) is 23.7 Å². The normalized spacial score (nSPS) is 11.6. The molecular formula is C54H72HfSi. The molecule has 6 rings (SSSR count). The van der Waals surface area contributed by atoms with E-state index in [0.717, 1.165) is 25.7 Å². The molecule has 0 aliphatic heterocycles. The average Bonchev–Trinajstić information content (AvgIpc) is 3.77. The van der Waals surface area contributed by atoms with E-state index in [4.69, 9.17) is 0 Å². The maximum Gasteiger partial charge on any atom is 4.00 e. The molecule has 0 saturated carbocycles. The molecule has 0 nitrogen and oxygen atoms in total. The van der Waals surface area contributed by atoms with E-state index in [9.17, 15) is 0 Å². The Kier molecular flexibility index (Phi) is 18.5. The summed E-state index contributed by atoms with van der Waals surface area (Å²) in [6.45, 7) is 35.1. The molecule has 0 bridgehead atoms. The second kappa shape index (κ2) is 21.8. The van der Waals surface area contributed by atoms with Gasteiger partial charge in [0.2, 0.25) is 0 Å². The van der Waals surface area contributed by atoms with Crippen LogP contribution in [-0.2, 0) is 38.7 Å². The Labute approximate surface area is 363 Å². The molecule has 6 aromatic carbocycles. The summed E-state index contributed by atoms with van der Waals surface area (Å²) in [4.78, 5) is 0. The maximum absolute atomic E-state index is 3.60. The summed E-state index contributed by atoms with van der Waals surface area (Å²) < 4.78 is 0. The van der Waals surface area contributed by atoms with Gasteiger partial charge in [0, 0.05) is 0 Å². The van der Waals surface area contributed by atoms with Crippen molar-refractivity contribution in [3.05, 3.63) is 144 Å². The molecule has 0 aliphatic rings. The number of aryl methyl sites for hydroxylation is 2. The van der Waals surface area contributed by atoms with Crippen LogP contribution in [0.4, 0.5) is 0 Å². The summed E-state index contributed by atoms with van der Waals surface area (Å²) in [5.74, 6) is 1.81. The molecule has 0 aromatic heterocycles. The van der Waals surface area contributed by atoms with E-state index in [1.54, 1.807) is 10.4 Å². The van der Waals surface area contributed by atoms with Crippen LogP contribution in [0.1, 0.15) is 166 Å². The van der Waals surface area contributed by atoms with Crippen LogP contribution < -0.4 is 20.7 Å². The summed E-state index contributed by atoms with van der Waals surface area (Å²) in [7, 11) is -2.90. The fourth-order valence-electron chi connectivity index (χ4n) is 8.31. The second-order valence-electron chi connectivity index (χ2n) is 16.8. The first kappa shape index (κ1) is 47.6. The quantitative estimate of drug-likeness (QED) is 0.0847. The zero-order valence-corrected chi connectivity index (χ0v) is 41.8. The molecule has 0 amide bonds. The molecule has 0 unspecified atom stereocenters. The Morgan fingerprint density at radius 3 is 1.07 bits per heavy atom. The van der Waals surface area contributed by atoms with Crippen LogP contribution in [0.3, 0.4) is 0 Å². The molecular weight excluding hydrogens is 855 g/mol. The molecule has 0 radical (unpaired) electrons. The van der Waals surface area contributed by atoms with Crippen LogP contribution in [-0.4, -0.2) is 8.07 Å². The summed E-state index contributed by atoms with van der Waals surface area (Å²) in [5.41, 5.74) is 8.94. The summed E-state index contributed by atoms with van der Waals surface area (Å²) in [6, 6.07) is 38.7. The van der Waals surface area contributed by atoms with Crippen molar-refractivity contribution in [3.63, 3.8) is 0 Å². The van der Waals surface area contributed by atoms with Gasteiger partial charge in [0.15, 0.2) is 0 Å². The molecule has 0 atom stereocenters. The molecule has 296 valence electrons. The summed E-state index contributed by atoms with van der Waals surface area (Å²) in [5, 5.41) is 12.1. The topological polar surface area (TPSA) is 0 Å². The van der Waals surface area contributed by atoms with Gasteiger partial charge in [-0.15, -0.1) is 67.3 Å². The van der Waals surface area contributed by atoms with Gasteiger partial charge in [0.1, 0.15) is 0 Å². The minimum absolute atomic E-state index is 0. The minimum atomic E-state index is -2.90. The molecule has 0 saturated heterocycles. The zero-order chi connectivity index (χ0) is 40.4. The number of benzene rings is 4. The first-order valence-electron chi connectivity index (χ1n) is 21.6.